The molecule has 3 heterocycles. The maximum Gasteiger partial charge on any atom is 0.415 e. The molecule has 2 bridgehead atoms. The van der Waals surface area contributed by atoms with E-state index in [0.29, 0.717) is 6.54 Å². The van der Waals surface area contributed by atoms with Gasteiger partial charge in [-0.15, -0.1) is 11.8 Å². The van der Waals surface area contributed by atoms with Gasteiger partial charge in [-0.1, -0.05) is 24.3 Å². The molecule has 0 radical (unpaired) electrons. The molecule has 1 atom stereocenters. The molecule has 0 aromatic heterocycles. The number of quaternary nitrogens is 1. The van der Waals surface area contributed by atoms with Gasteiger partial charge in [0.2, 0.25) is 0 Å². The second-order valence-corrected chi connectivity index (χ2v) is 11.2. The zero-order chi connectivity index (χ0) is 26.7. The van der Waals surface area contributed by atoms with E-state index in [4.69, 9.17) is 4.74 Å². The monoisotopic (exact) mass is 624 g/mol. The van der Waals surface area contributed by atoms with E-state index in [2.05, 4.69) is 12.1 Å². The number of ether oxygens (including phenoxy) is 1. The summed E-state index contributed by atoms with van der Waals surface area (Å²) in [5.74, 6) is -3.68. The largest absolute Gasteiger partial charge is 1.00 e. The summed E-state index contributed by atoms with van der Waals surface area (Å²) in [6.07, 6.45) is 0.853. The van der Waals surface area contributed by atoms with Gasteiger partial charge >= 0.3 is 6.09 Å². The fourth-order valence-electron chi connectivity index (χ4n) is 5.52. The van der Waals surface area contributed by atoms with Gasteiger partial charge in [-0.2, -0.15) is 0 Å². The second-order valence-electron chi connectivity index (χ2n) is 10.1. The smallest absolute Gasteiger partial charge is 0.415 e. The van der Waals surface area contributed by atoms with Crippen LogP contribution in [0.15, 0.2) is 71.6 Å². The fourth-order valence-corrected chi connectivity index (χ4v) is 6.59. The van der Waals surface area contributed by atoms with Crippen molar-refractivity contribution in [2.24, 2.45) is 5.92 Å². The summed E-state index contributed by atoms with van der Waals surface area (Å²) in [6.45, 7) is 3.43. The standard InChI is InChI=1S/C29H29F4N2O2S.BrH/c30-22-5-4-6-23(17-22)34(18-20-15-25(31)28(33)26(32)16-20)29(36)37-27-19-35(11-9-21(27)10-12-35)13-14-38-24-7-2-1-3-8-24;/h1-8,15-17,21,27H,9-14,18-19H2;1H/q+1;/p-1/t21?,27-,35?;/m0./s1. The molecule has 10 heteroatoms. The molecule has 208 valence electrons. The normalized spacial score (nSPS) is 21.7. The van der Waals surface area contributed by atoms with Crippen LogP contribution in [0.25, 0.3) is 0 Å². The SMILES string of the molecule is O=C(O[C@H]1C[N+]2(CCSc3ccccc3)CCC1CC2)N(Cc1cc(F)c(F)c(F)c1)c1cccc(F)c1.[Br-]. The molecule has 3 aliphatic rings. The highest BCUT2D eigenvalue weighted by Gasteiger charge is 2.47. The van der Waals surface area contributed by atoms with E-state index < -0.39 is 29.4 Å². The summed E-state index contributed by atoms with van der Waals surface area (Å²) >= 11 is 1.81. The van der Waals surface area contributed by atoms with Gasteiger partial charge in [0.25, 0.3) is 0 Å². The molecule has 4 nitrogen and oxygen atoms in total. The third kappa shape index (κ3) is 6.96. The van der Waals surface area contributed by atoms with Crippen LogP contribution >= 0.6 is 11.8 Å². The average Bonchev–Trinajstić information content (AvgIpc) is 2.91. The third-order valence-corrected chi connectivity index (χ3v) is 8.59. The van der Waals surface area contributed by atoms with Crippen molar-refractivity contribution in [3.05, 3.63) is 95.6 Å². The summed E-state index contributed by atoms with van der Waals surface area (Å²) in [5.41, 5.74) is 0.211. The van der Waals surface area contributed by atoms with Gasteiger partial charge in [0, 0.05) is 29.4 Å². The van der Waals surface area contributed by atoms with Crippen LogP contribution in [0.5, 0.6) is 0 Å². The fraction of sp³-hybridized carbons (Fsp3) is 0.345. The lowest BCUT2D eigenvalue weighted by atomic mass is 9.83. The molecule has 3 aromatic carbocycles. The Morgan fingerprint density at radius 1 is 0.949 bits per heavy atom. The molecule has 3 aliphatic heterocycles. The summed E-state index contributed by atoms with van der Waals surface area (Å²) in [7, 11) is 0. The van der Waals surface area contributed by atoms with Crippen molar-refractivity contribution in [3.63, 3.8) is 0 Å². The molecule has 0 N–H and O–H groups in total. The number of rotatable bonds is 8. The summed E-state index contributed by atoms with van der Waals surface area (Å²) < 4.78 is 62.2. The zero-order valence-corrected chi connectivity index (χ0v) is 23.6. The van der Waals surface area contributed by atoms with Gasteiger partial charge in [0.1, 0.15) is 12.4 Å². The minimum Gasteiger partial charge on any atom is -1.00 e. The third-order valence-electron chi connectivity index (χ3n) is 7.60. The van der Waals surface area contributed by atoms with Crippen molar-refractivity contribution in [2.45, 2.75) is 30.4 Å². The van der Waals surface area contributed by atoms with Gasteiger partial charge in [-0.3, -0.25) is 4.90 Å². The van der Waals surface area contributed by atoms with Gasteiger partial charge in [-0.05, 0) is 48.0 Å². The number of halogens is 5. The van der Waals surface area contributed by atoms with Crippen LogP contribution in [0.3, 0.4) is 0 Å². The molecular formula is C29H29BrF4N2O2S. The summed E-state index contributed by atoms with van der Waals surface area (Å²) in [5, 5.41) is 0. The number of anilines is 1. The molecule has 3 fully saturated rings. The number of nitrogens with zero attached hydrogens (tertiary/aromatic N) is 2. The van der Waals surface area contributed by atoms with Crippen molar-refractivity contribution in [1.82, 2.24) is 0 Å². The first-order valence-corrected chi connectivity index (χ1v) is 13.7. The molecule has 0 saturated carbocycles. The highest BCUT2D eigenvalue weighted by molar-refractivity contribution is 7.99. The number of benzene rings is 3. The number of carbonyl (C=O) groups excluding carboxylic acids is 1. The van der Waals surface area contributed by atoms with Crippen molar-refractivity contribution >= 4 is 23.5 Å². The van der Waals surface area contributed by atoms with Crippen LogP contribution in [0.1, 0.15) is 18.4 Å². The quantitative estimate of drug-likeness (QED) is 0.165. The Hall–Kier alpha value is -2.56. The first-order valence-electron chi connectivity index (χ1n) is 12.7. The first kappa shape index (κ1) is 29.4. The molecule has 1 amide bonds. The molecule has 0 aliphatic carbocycles. The number of hydrogen-bond acceptors (Lipinski definition) is 3. The summed E-state index contributed by atoms with van der Waals surface area (Å²) in [6, 6.07) is 17.2. The van der Waals surface area contributed by atoms with Crippen molar-refractivity contribution in [3.8, 4) is 0 Å². The minimum atomic E-state index is -1.58. The topological polar surface area (TPSA) is 29.5 Å². The van der Waals surface area contributed by atoms with Crippen LogP contribution < -0.4 is 21.9 Å². The van der Waals surface area contributed by atoms with E-state index in [0.717, 1.165) is 65.8 Å². The van der Waals surface area contributed by atoms with Crippen molar-refractivity contribution in [1.29, 1.82) is 0 Å². The van der Waals surface area contributed by atoms with E-state index in [1.807, 2.05) is 30.0 Å². The molecule has 0 unspecified atom stereocenters. The highest BCUT2D eigenvalue weighted by atomic mass is 79.9. The molecule has 3 aromatic rings. The highest BCUT2D eigenvalue weighted by Crippen LogP contribution is 2.37. The lowest BCUT2D eigenvalue weighted by Gasteiger charge is -2.52. The minimum absolute atomic E-state index is 0. The van der Waals surface area contributed by atoms with Gasteiger partial charge in [0.15, 0.2) is 23.6 Å². The van der Waals surface area contributed by atoms with E-state index in [1.165, 1.54) is 23.1 Å². The first-order chi connectivity index (χ1) is 18.3. The van der Waals surface area contributed by atoms with Gasteiger partial charge < -0.3 is 26.2 Å². The molecule has 0 spiro atoms. The van der Waals surface area contributed by atoms with Crippen molar-refractivity contribution in [2.75, 3.05) is 36.8 Å². The van der Waals surface area contributed by atoms with Crippen LogP contribution in [-0.4, -0.2) is 48.6 Å². The number of amides is 1. The Labute approximate surface area is 240 Å². The predicted molar refractivity (Wildman–Crippen MR) is 139 cm³/mol. The van der Waals surface area contributed by atoms with E-state index >= 15 is 0 Å². The Balaban J connectivity index is 0.00000353. The average molecular weight is 626 g/mol. The number of carbonyl (C=O) groups is 1. The van der Waals surface area contributed by atoms with Crippen LogP contribution in [-0.2, 0) is 11.3 Å². The number of thioether (sulfide) groups is 1. The van der Waals surface area contributed by atoms with E-state index in [1.54, 1.807) is 0 Å². The lowest BCUT2D eigenvalue weighted by Crippen LogP contribution is -3.00. The molecule has 3 saturated heterocycles. The van der Waals surface area contributed by atoms with Gasteiger partial charge in [-0.25, -0.2) is 22.4 Å². The second kappa shape index (κ2) is 12.7. The maximum atomic E-state index is 14.0. The Morgan fingerprint density at radius 2 is 1.64 bits per heavy atom. The van der Waals surface area contributed by atoms with Crippen LogP contribution in [0.4, 0.5) is 28.0 Å². The van der Waals surface area contributed by atoms with Crippen LogP contribution in [0, 0.1) is 29.2 Å². The Kier molecular flexibility index (Phi) is 9.61. The number of hydrogen-bond donors (Lipinski definition) is 0. The molecule has 6 rings (SSSR count). The van der Waals surface area contributed by atoms with E-state index in [9.17, 15) is 22.4 Å². The predicted octanol–water partition coefficient (Wildman–Crippen LogP) is 3.79. The Bertz CT molecular complexity index is 1270. The number of piperidine rings is 3. The zero-order valence-electron chi connectivity index (χ0n) is 21.2. The summed E-state index contributed by atoms with van der Waals surface area (Å²) in [4.78, 5) is 15.8. The lowest BCUT2D eigenvalue weighted by molar-refractivity contribution is -0.943. The maximum absolute atomic E-state index is 14.0. The van der Waals surface area contributed by atoms with Gasteiger partial charge in [0.05, 0.1) is 31.9 Å². The number of fused-ring (bicyclic) bond motifs is 3. The Morgan fingerprint density at radius 3 is 2.31 bits per heavy atom. The van der Waals surface area contributed by atoms with Crippen LogP contribution in [0.2, 0.25) is 0 Å². The van der Waals surface area contributed by atoms with Crippen molar-refractivity contribution < 1.29 is 48.6 Å². The molecular weight excluding hydrogens is 596 g/mol. The van der Waals surface area contributed by atoms with E-state index in [-0.39, 0.29) is 46.8 Å². The molecule has 39 heavy (non-hydrogen) atoms.